The van der Waals surface area contributed by atoms with Crippen LogP contribution in [0.1, 0.15) is 24.8 Å². The number of hydrogen-bond acceptors (Lipinski definition) is 5. The van der Waals surface area contributed by atoms with Gasteiger partial charge in [-0.05, 0) is 44.5 Å². The first kappa shape index (κ1) is 30.1. The number of likely N-dealkylation sites (tertiary alicyclic amines) is 1. The normalized spacial score (nSPS) is 11.3. The van der Waals surface area contributed by atoms with Gasteiger partial charge in [0.25, 0.3) is 0 Å². The van der Waals surface area contributed by atoms with Gasteiger partial charge in [0.15, 0.2) is 0 Å². The molecule has 0 saturated carbocycles. The van der Waals surface area contributed by atoms with E-state index in [0.717, 1.165) is 31.7 Å². The third-order valence-electron chi connectivity index (χ3n) is 4.34. The number of ether oxygens (including phenoxy) is 1. The molecule has 3 amide bonds. The maximum absolute atomic E-state index is 11.8. The second-order valence-corrected chi connectivity index (χ2v) is 6.69. The van der Waals surface area contributed by atoms with E-state index in [4.69, 9.17) is 4.74 Å². The van der Waals surface area contributed by atoms with E-state index < -0.39 is 0 Å². The molecule has 0 atom stereocenters. The first-order valence-corrected chi connectivity index (χ1v) is 10.1. The Labute approximate surface area is 187 Å². The Morgan fingerprint density at radius 3 is 2.23 bits per heavy atom. The van der Waals surface area contributed by atoms with Crippen LogP contribution in [-0.4, -0.2) is 87.4 Å². The second kappa shape index (κ2) is 18.9. The zero-order valence-corrected chi connectivity index (χ0v) is 19.5. The zero-order chi connectivity index (χ0) is 24.2. The molecule has 1 aromatic carbocycles. The minimum atomic E-state index is -0.115. The highest BCUT2D eigenvalue weighted by Crippen LogP contribution is 2.10. The van der Waals surface area contributed by atoms with Gasteiger partial charge in [0.1, 0.15) is 5.75 Å². The Bertz CT molecular complexity index is 658. The number of carbonyl (C=O) groups excluding carboxylic acids is 3. The molecule has 174 valence electrons. The first-order valence-electron chi connectivity index (χ1n) is 10.1. The van der Waals surface area contributed by atoms with Gasteiger partial charge in [0.05, 0.1) is 13.7 Å². The third kappa shape index (κ3) is 13.7. The molecule has 0 aliphatic carbocycles. The largest absolute Gasteiger partial charge is 0.497 e. The molecule has 1 aromatic rings. The van der Waals surface area contributed by atoms with Crippen molar-refractivity contribution in [3.8, 4) is 18.6 Å². The van der Waals surface area contributed by atoms with Crippen molar-refractivity contribution in [3.05, 3.63) is 29.8 Å². The van der Waals surface area contributed by atoms with Gasteiger partial charge in [-0.25, -0.2) is 0 Å². The molecule has 0 aromatic heterocycles. The lowest BCUT2D eigenvalue weighted by Crippen LogP contribution is -2.40. The van der Waals surface area contributed by atoms with Crippen molar-refractivity contribution < 1.29 is 19.1 Å². The molecule has 1 fully saturated rings. The summed E-state index contributed by atoms with van der Waals surface area (Å²) in [4.78, 5) is 38.6. The smallest absolute Gasteiger partial charge is 0.242 e. The molecule has 31 heavy (non-hydrogen) atoms. The van der Waals surface area contributed by atoms with Crippen LogP contribution in [0.5, 0.6) is 5.75 Å². The molecule has 1 saturated heterocycles. The van der Waals surface area contributed by atoms with Crippen molar-refractivity contribution in [1.29, 1.82) is 0 Å². The van der Waals surface area contributed by atoms with E-state index in [0.29, 0.717) is 13.0 Å². The second-order valence-electron chi connectivity index (χ2n) is 6.69. The van der Waals surface area contributed by atoms with Crippen molar-refractivity contribution in [2.24, 2.45) is 5.73 Å². The Hall–Kier alpha value is -3.05. The Morgan fingerprint density at radius 1 is 1.19 bits per heavy atom. The lowest BCUT2D eigenvalue weighted by molar-refractivity contribution is -0.139. The van der Waals surface area contributed by atoms with E-state index in [1.807, 2.05) is 31.2 Å². The number of terminal acetylenes is 1. The average molecular weight is 435 g/mol. The fourth-order valence-electron chi connectivity index (χ4n) is 2.62. The van der Waals surface area contributed by atoms with Crippen molar-refractivity contribution >= 4 is 18.2 Å². The molecule has 0 radical (unpaired) electrons. The number of nitrogens with zero attached hydrogens (tertiary/aromatic N) is 3. The van der Waals surface area contributed by atoms with Crippen LogP contribution in [0.15, 0.2) is 24.3 Å². The van der Waals surface area contributed by atoms with E-state index in [1.165, 1.54) is 22.4 Å². The molecule has 8 nitrogen and oxygen atoms in total. The highest BCUT2D eigenvalue weighted by Gasteiger charge is 2.20. The molecule has 1 heterocycles. The third-order valence-corrected chi connectivity index (χ3v) is 4.34. The summed E-state index contributed by atoms with van der Waals surface area (Å²) >= 11 is 0. The standard InChI is InChI=1S/C12H21N3O3.C8H10O.C2H2.CH5N/c1-13(10-16)8-5-11(17)14(2)9-12(18)15-6-3-4-7-15;1-7-4-3-5-8(6-7)9-2;2*1-2/h10H,3-9H2,1-2H3;3-6H,1-2H3;1-2H;2H2,1H3. The summed E-state index contributed by atoms with van der Waals surface area (Å²) in [6.07, 6.45) is 11.0. The van der Waals surface area contributed by atoms with Crippen LogP contribution in [0, 0.1) is 19.8 Å². The molecule has 0 spiro atoms. The lowest BCUT2D eigenvalue weighted by atomic mass is 10.2. The van der Waals surface area contributed by atoms with Gasteiger partial charge in [-0.2, -0.15) is 0 Å². The predicted octanol–water partition coefficient (Wildman–Crippen LogP) is 1.37. The summed E-state index contributed by atoms with van der Waals surface area (Å²) in [5.74, 6) is 0.818. The highest BCUT2D eigenvalue weighted by atomic mass is 16.5. The number of carbonyl (C=O) groups is 3. The van der Waals surface area contributed by atoms with E-state index in [1.54, 1.807) is 26.1 Å². The predicted molar refractivity (Wildman–Crippen MR) is 124 cm³/mol. The van der Waals surface area contributed by atoms with Crippen molar-refractivity contribution in [1.82, 2.24) is 14.7 Å². The highest BCUT2D eigenvalue weighted by molar-refractivity contribution is 5.84. The van der Waals surface area contributed by atoms with Crippen molar-refractivity contribution in [2.75, 3.05) is 54.4 Å². The Balaban J connectivity index is 0. The number of likely N-dealkylation sites (N-methyl/N-ethyl adjacent to an activating group) is 1. The number of hydrogen-bond donors (Lipinski definition) is 1. The summed E-state index contributed by atoms with van der Waals surface area (Å²) in [6.45, 7) is 4.15. The molecule has 0 bridgehead atoms. The minimum Gasteiger partial charge on any atom is -0.497 e. The number of benzene rings is 1. The summed E-state index contributed by atoms with van der Waals surface area (Å²) in [6, 6.07) is 7.96. The number of amides is 3. The zero-order valence-electron chi connectivity index (χ0n) is 19.5. The van der Waals surface area contributed by atoms with Gasteiger partial charge in [-0.3, -0.25) is 14.4 Å². The van der Waals surface area contributed by atoms with Gasteiger partial charge >= 0.3 is 0 Å². The summed E-state index contributed by atoms with van der Waals surface area (Å²) in [5.41, 5.74) is 5.73. The number of nitrogens with two attached hydrogens (primary N) is 1. The molecular formula is C23H38N4O4. The molecule has 0 unspecified atom stereocenters. The van der Waals surface area contributed by atoms with Gasteiger partial charge < -0.3 is 25.2 Å². The summed E-state index contributed by atoms with van der Waals surface area (Å²) in [5, 5.41) is 0. The Morgan fingerprint density at radius 2 is 1.77 bits per heavy atom. The Kier molecular flexibility index (Phi) is 18.4. The number of aryl methyl sites for hydroxylation is 1. The molecule has 2 N–H and O–H groups in total. The lowest BCUT2D eigenvalue weighted by Gasteiger charge is -2.22. The van der Waals surface area contributed by atoms with Crippen LogP contribution in [-0.2, 0) is 14.4 Å². The van der Waals surface area contributed by atoms with Gasteiger partial charge in [-0.1, -0.05) is 12.1 Å². The van der Waals surface area contributed by atoms with Gasteiger partial charge in [0, 0.05) is 40.2 Å². The quantitative estimate of drug-likeness (QED) is 0.517. The molecule has 1 aliphatic heterocycles. The fourth-order valence-corrected chi connectivity index (χ4v) is 2.62. The summed E-state index contributed by atoms with van der Waals surface area (Å²) < 4.78 is 5.00. The van der Waals surface area contributed by atoms with Crippen LogP contribution in [0.2, 0.25) is 0 Å². The van der Waals surface area contributed by atoms with E-state index in [-0.39, 0.29) is 24.8 Å². The number of rotatable bonds is 7. The first-order chi connectivity index (χ1) is 14.9. The minimum absolute atomic E-state index is 0.00657. The van der Waals surface area contributed by atoms with Crippen LogP contribution in [0.4, 0.5) is 0 Å². The van der Waals surface area contributed by atoms with Gasteiger partial charge in [0.2, 0.25) is 18.2 Å². The number of methoxy groups -OCH3 is 1. The molecule has 8 heteroatoms. The van der Waals surface area contributed by atoms with E-state index in [9.17, 15) is 14.4 Å². The van der Waals surface area contributed by atoms with Crippen LogP contribution < -0.4 is 10.5 Å². The maximum atomic E-state index is 11.8. The average Bonchev–Trinajstić information content (AvgIpc) is 3.35. The van der Waals surface area contributed by atoms with Gasteiger partial charge in [-0.15, -0.1) is 12.8 Å². The summed E-state index contributed by atoms with van der Waals surface area (Å²) in [7, 11) is 6.42. The van der Waals surface area contributed by atoms with Crippen LogP contribution in [0.3, 0.4) is 0 Å². The SMILES string of the molecule is C#C.CN.CN(C=O)CCC(=O)N(C)CC(=O)N1CCCC1.COc1cccc(C)c1. The van der Waals surface area contributed by atoms with Crippen molar-refractivity contribution in [3.63, 3.8) is 0 Å². The topological polar surface area (TPSA) is 96.2 Å². The molecule has 2 rings (SSSR count). The van der Waals surface area contributed by atoms with Crippen molar-refractivity contribution in [2.45, 2.75) is 26.2 Å². The monoisotopic (exact) mass is 434 g/mol. The molecular weight excluding hydrogens is 396 g/mol. The van der Waals surface area contributed by atoms with E-state index in [2.05, 4.69) is 18.6 Å². The molecule has 1 aliphatic rings. The maximum Gasteiger partial charge on any atom is 0.242 e. The fraction of sp³-hybridized carbons (Fsp3) is 0.522. The van der Waals surface area contributed by atoms with Crippen LogP contribution in [0.25, 0.3) is 0 Å². The van der Waals surface area contributed by atoms with E-state index >= 15 is 0 Å². The van der Waals surface area contributed by atoms with Crippen LogP contribution >= 0.6 is 0 Å².